The number of alkyl halides is 2. The van der Waals surface area contributed by atoms with Crippen molar-refractivity contribution in [1.29, 1.82) is 0 Å². The predicted molar refractivity (Wildman–Crippen MR) is 36.8 cm³/mol. The lowest BCUT2D eigenvalue weighted by atomic mass is 10.3. The van der Waals surface area contributed by atoms with Crippen LogP contribution in [-0.2, 0) is 0 Å². The van der Waals surface area contributed by atoms with Crippen LogP contribution in [0.5, 0.6) is 0 Å². The molecule has 1 heterocycles. The van der Waals surface area contributed by atoms with Gasteiger partial charge in [0.15, 0.2) is 0 Å². The molecule has 12 heavy (non-hydrogen) atoms. The Balaban J connectivity index is 3.21. The Morgan fingerprint density at radius 2 is 1.92 bits per heavy atom. The first-order chi connectivity index (χ1) is 5.52. The molecule has 0 spiro atoms. The molecule has 1 aromatic rings. The molecule has 0 aromatic carbocycles. The molecule has 0 unspecified atom stereocenters. The van der Waals surface area contributed by atoms with Crippen LogP contribution >= 0.6 is 15.9 Å². The van der Waals surface area contributed by atoms with Crippen molar-refractivity contribution in [2.75, 3.05) is 0 Å². The fourth-order valence-corrected chi connectivity index (χ4v) is 0.801. The van der Waals surface area contributed by atoms with Crippen LogP contribution in [0, 0.1) is 11.8 Å². The molecule has 0 amide bonds. The number of nitrogens with zero attached hydrogens (tertiary/aromatic N) is 1. The Hall–Kier alpha value is -0.650. The third-order valence-electron chi connectivity index (χ3n) is 1.12. The summed E-state index contributed by atoms with van der Waals surface area (Å²) < 4.78 is 48.2. The van der Waals surface area contributed by atoms with Gasteiger partial charge in [0.2, 0.25) is 5.95 Å². The van der Waals surface area contributed by atoms with Gasteiger partial charge in [0.1, 0.15) is 16.0 Å². The van der Waals surface area contributed by atoms with Gasteiger partial charge in [0.05, 0.1) is 0 Å². The normalized spacial score (nSPS) is 10.8. The Bertz CT molecular complexity index is 279. The Morgan fingerprint density at radius 1 is 1.33 bits per heavy atom. The van der Waals surface area contributed by atoms with E-state index in [1.165, 1.54) is 0 Å². The average Bonchev–Trinajstić information content (AvgIpc) is 1.99. The van der Waals surface area contributed by atoms with Gasteiger partial charge in [0.25, 0.3) is 6.43 Å². The highest BCUT2D eigenvalue weighted by atomic mass is 79.9. The van der Waals surface area contributed by atoms with Gasteiger partial charge >= 0.3 is 0 Å². The SMILES string of the molecule is Fc1cc(C(F)F)nc(F)c1Br. The van der Waals surface area contributed by atoms with Crippen LogP contribution in [0.2, 0.25) is 0 Å². The average molecular weight is 244 g/mol. The first kappa shape index (κ1) is 9.44. The summed E-state index contributed by atoms with van der Waals surface area (Å²) in [6.45, 7) is 0. The van der Waals surface area contributed by atoms with E-state index in [0.29, 0.717) is 6.07 Å². The third-order valence-corrected chi connectivity index (χ3v) is 1.82. The Labute approximate surface area is 73.5 Å². The van der Waals surface area contributed by atoms with E-state index in [4.69, 9.17) is 0 Å². The fourth-order valence-electron chi connectivity index (χ4n) is 0.598. The molecule has 1 aromatic heterocycles. The van der Waals surface area contributed by atoms with E-state index < -0.39 is 28.4 Å². The second-order valence-electron chi connectivity index (χ2n) is 1.93. The molecule has 0 radical (unpaired) electrons. The highest BCUT2D eigenvalue weighted by Gasteiger charge is 2.15. The maximum absolute atomic E-state index is 12.5. The van der Waals surface area contributed by atoms with Gasteiger partial charge in [-0.25, -0.2) is 18.2 Å². The molecule has 0 aliphatic heterocycles. The van der Waals surface area contributed by atoms with Crippen LogP contribution < -0.4 is 0 Å². The van der Waals surface area contributed by atoms with Crippen molar-refractivity contribution in [3.63, 3.8) is 0 Å². The highest BCUT2D eigenvalue weighted by molar-refractivity contribution is 9.10. The molecule has 0 saturated carbocycles. The second-order valence-corrected chi connectivity index (χ2v) is 2.73. The maximum atomic E-state index is 12.5. The van der Waals surface area contributed by atoms with Gasteiger partial charge in [-0.05, 0) is 15.9 Å². The zero-order valence-electron chi connectivity index (χ0n) is 5.49. The molecule has 0 fully saturated rings. The Morgan fingerprint density at radius 3 is 2.33 bits per heavy atom. The standard InChI is InChI=1S/C6H2BrF4N/c7-4-2(8)1-3(5(9)10)12-6(4)11/h1,5H. The summed E-state index contributed by atoms with van der Waals surface area (Å²) in [6.07, 6.45) is -2.97. The minimum Gasteiger partial charge on any atom is -0.218 e. The van der Waals surface area contributed by atoms with Crippen LogP contribution in [-0.4, -0.2) is 4.98 Å². The number of halogens is 5. The van der Waals surface area contributed by atoms with Crippen molar-refractivity contribution in [1.82, 2.24) is 4.98 Å². The summed E-state index contributed by atoms with van der Waals surface area (Å²) in [7, 11) is 0. The van der Waals surface area contributed by atoms with E-state index in [0.717, 1.165) is 0 Å². The lowest BCUT2D eigenvalue weighted by molar-refractivity contribution is 0.144. The second kappa shape index (κ2) is 3.38. The molecule has 0 N–H and O–H groups in total. The summed E-state index contributed by atoms with van der Waals surface area (Å²) >= 11 is 2.50. The van der Waals surface area contributed by atoms with Gasteiger partial charge in [-0.3, -0.25) is 0 Å². The molecule has 66 valence electrons. The van der Waals surface area contributed by atoms with E-state index in [9.17, 15) is 17.6 Å². The van der Waals surface area contributed by atoms with Crippen molar-refractivity contribution in [3.8, 4) is 0 Å². The van der Waals surface area contributed by atoms with Crippen molar-refractivity contribution in [3.05, 3.63) is 28.0 Å². The van der Waals surface area contributed by atoms with E-state index in [1.807, 2.05) is 0 Å². The minimum atomic E-state index is -2.97. The van der Waals surface area contributed by atoms with E-state index in [1.54, 1.807) is 0 Å². The van der Waals surface area contributed by atoms with Crippen LogP contribution in [0.1, 0.15) is 12.1 Å². The smallest absolute Gasteiger partial charge is 0.218 e. The van der Waals surface area contributed by atoms with E-state index in [2.05, 4.69) is 20.9 Å². The van der Waals surface area contributed by atoms with E-state index in [-0.39, 0.29) is 0 Å². The summed E-state index contributed by atoms with van der Waals surface area (Å²) in [6, 6.07) is 0.484. The third kappa shape index (κ3) is 1.74. The fraction of sp³-hybridized carbons (Fsp3) is 0.167. The molecule has 0 aliphatic rings. The molecule has 0 atom stereocenters. The largest absolute Gasteiger partial charge is 0.280 e. The number of pyridine rings is 1. The summed E-state index contributed by atoms with van der Waals surface area (Å²) in [4.78, 5) is 2.83. The molecular formula is C6H2BrF4N. The zero-order chi connectivity index (χ0) is 9.30. The summed E-state index contributed by atoms with van der Waals surface area (Å²) in [5, 5.41) is 0. The topological polar surface area (TPSA) is 12.9 Å². The van der Waals surface area contributed by atoms with Crippen molar-refractivity contribution in [2.45, 2.75) is 6.43 Å². The van der Waals surface area contributed by atoms with Crippen LogP contribution in [0.3, 0.4) is 0 Å². The monoisotopic (exact) mass is 243 g/mol. The molecule has 0 bridgehead atoms. The van der Waals surface area contributed by atoms with Gasteiger partial charge in [-0.15, -0.1) is 0 Å². The number of aromatic nitrogens is 1. The predicted octanol–water partition coefficient (Wildman–Crippen LogP) is 3.06. The quantitative estimate of drug-likeness (QED) is 0.546. The first-order valence-electron chi connectivity index (χ1n) is 2.82. The number of rotatable bonds is 1. The van der Waals surface area contributed by atoms with Crippen molar-refractivity contribution >= 4 is 15.9 Å². The lowest BCUT2D eigenvalue weighted by Crippen LogP contribution is -1.97. The van der Waals surface area contributed by atoms with Crippen LogP contribution in [0.4, 0.5) is 17.6 Å². The number of hydrogen-bond acceptors (Lipinski definition) is 1. The number of hydrogen-bond donors (Lipinski definition) is 0. The molecule has 0 saturated heterocycles. The summed E-state index contributed by atoms with van der Waals surface area (Å²) in [5.74, 6) is -2.36. The maximum Gasteiger partial charge on any atom is 0.280 e. The van der Waals surface area contributed by atoms with Crippen molar-refractivity contribution in [2.24, 2.45) is 0 Å². The van der Waals surface area contributed by atoms with Crippen LogP contribution in [0.15, 0.2) is 10.5 Å². The highest BCUT2D eigenvalue weighted by Crippen LogP contribution is 2.23. The molecule has 1 nitrogen and oxygen atoms in total. The molecule has 1 rings (SSSR count). The zero-order valence-corrected chi connectivity index (χ0v) is 7.08. The Kier molecular flexibility index (Phi) is 2.66. The van der Waals surface area contributed by atoms with Crippen molar-refractivity contribution < 1.29 is 17.6 Å². The lowest BCUT2D eigenvalue weighted by Gasteiger charge is -2.00. The van der Waals surface area contributed by atoms with Gasteiger partial charge < -0.3 is 0 Å². The molecule has 6 heteroatoms. The van der Waals surface area contributed by atoms with Gasteiger partial charge in [0, 0.05) is 6.07 Å². The van der Waals surface area contributed by atoms with Gasteiger partial charge in [-0.2, -0.15) is 4.39 Å². The molecule has 0 aliphatic carbocycles. The first-order valence-corrected chi connectivity index (χ1v) is 3.61. The minimum absolute atomic E-state index is 0.484. The summed E-state index contributed by atoms with van der Waals surface area (Å²) in [5.41, 5.74) is -0.909. The van der Waals surface area contributed by atoms with E-state index >= 15 is 0 Å². The molecular weight excluding hydrogens is 242 g/mol. The van der Waals surface area contributed by atoms with Gasteiger partial charge in [-0.1, -0.05) is 0 Å². The van der Waals surface area contributed by atoms with Crippen LogP contribution in [0.25, 0.3) is 0 Å².